The van der Waals surface area contributed by atoms with E-state index in [0.29, 0.717) is 25.2 Å². The first kappa shape index (κ1) is 19.3. The minimum atomic E-state index is -0.913. The number of carbonyl (C=O) groups excluding carboxylic acids is 1. The van der Waals surface area contributed by atoms with Gasteiger partial charge in [0.15, 0.2) is 0 Å². The maximum atomic E-state index is 12.3. The van der Waals surface area contributed by atoms with E-state index in [0.717, 1.165) is 24.2 Å². The molecule has 0 aromatic carbocycles. The van der Waals surface area contributed by atoms with Gasteiger partial charge in [-0.2, -0.15) is 0 Å². The van der Waals surface area contributed by atoms with Crippen molar-refractivity contribution >= 4 is 12.1 Å². The molecule has 1 saturated carbocycles. The molecule has 140 valence electrons. The van der Waals surface area contributed by atoms with Gasteiger partial charge in [-0.25, -0.2) is 9.59 Å². The molecule has 0 spiro atoms. The van der Waals surface area contributed by atoms with Crippen LogP contribution in [0.3, 0.4) is 0 Å². The van der Waals surface area contributed by atoms with Crippen LogP contribution in [0, 0.1) is 6.92 Å². The van der Waals surface area contributed by atoms with Crippen LogP contribution >= 0.6 is 0 Å². The van der Waals surface area contributed by atoms with Crippen LogP contribution < -0.4 is 5.32 Å². The Morgan fingerprint density at radius 2 is 2.04 bits per heavy atom. The topological polar surface area (TPSA) is 83.8 Å². The molecule has 25 heavy (non-hydrogen) atoms. The molecule has 2 rings (SSSR count). The molecule has 1 aliphatic carbocycles. The first-order chi connectivity index (χ1) is 11.6. The smallest absolute Gasteiger partial charge is 0.410 e. The standard InChI is InChI=1S/C18H29N3O4/c1-12-15(16(22)23)10-14(20(12)5)11-19-8-9-21(13-6-7-13)17(24)25-18(2,3)4/h10,13,19H,6-9,11H2,1-5H3,(H,22,23). The van der Waals surface area contributed by atoms with E-state index in [-0.39, 0.29) is 12.1 Å². The third-order valence-electron chi connectivity index (χ3n) is 4.32. The van der Waals surface area contributed by atoms with Gasteiger partial charge in [-0.05, 0) is 46.6 Å². The average molecular weight is 351 g/mol. The summed E-state index contributed by atoms with van der Waals surface area (Å²) < 4.78 is 7.35. The third-order valence-corrected chi connectivity index (χ3v) is 4.32. The number of hydrogen-bond acceptors (Lipinski definition) is 4. The highest BCUT2D eigenvalue weighted by atomic mass is 16.6. The number of hydrogen-bond donors (Lipinski definition) is 2. The van der Waals surface area contributed by atoms with Crippen LogP contribution in [0.2, 0.25) is 0 Å². The maximum Gasteiger partial charge on any atom is 0.410 e. The Kier molecular flexibility index (Phi) is 5.77. The molecule has 0 bridgehead atoms. The Hall–Kier alpha value is -2.02. The highest BCUT2D eigenvalue weighted by Gasteiger charge is 2.34. The summed E-state index contributed by atoms with van der Waals surface area (Å²) in [6.45, 7) is 9.16. The van der Waals surface area contributed by atoms with E-state index in [9.17, 15) is 14.7 Å². The monoisotopic (exact) mass is 351 g/mol. The van der Waals surface area contributed by atoms with Gasteiger partial charge in [-0.1, -0.05) is 0 Å². The second kappa shape index (κ2) is 7.47. The van der Waals surface area contributed by atoms with Crippen molar-refractivity contribution in [3.8, 4) is 0 Å². The fourth-order valence-electron chi connectivity index (χ4n) is 2.70. The first-order valence-electron chi connectivity index (χ1n) is 8.69. The van der Waals surface area contributed by atoms with Crippen molar-refractivity contribution in [1.82, 2.24) is 14.8 Å². The van der Waals surface area contributed by atoms with Crippen LogP contribution in [-0.4, -0.2) is 51.4 Å². The highest BCUT2D eigenvalue weighted by molar-refractivity contribution is 5.89. The van der Waals surface area contributed by atoms with Crippen molar-refractivity contribution in [3.05, 3.63) is 23.0 Å². The molecule has 1 aromatic rings. The molecule has 0 radical (unpaired) electrons. The molecular formula is C18H29N3O4. The molecule has 1 amide bonds. The fraction of sp³-hybridized carbons (Fsp3) is 0.667. The first-order valence-corrected chi connectivity index (χ1v) is 8.69. The predicted octanol–water partition coefficient (Wildman–Crippen LogP) is 2.52. The molecule has 2 N–H and O–H groups in total. The highest BCUT2D eigenvalue weighted by Crippen LogP contribution is 2.28. The number of amides is 1. The predicted molar refractivity (Wildman–Crippen MR) is 94.8 cm³/mol. The van der Waals surface area contributed by atoms with Gasteiger partial charge in [-0.3, -0.25) is 0 Å². The van der Waals surface area contributed by atoms with Crippen LogP contribution in [0.15, 0.2) is 6.07 Å². The summed E-state index contributed by atoms with van der Waals surface area (Å²) in [6, 6.07) is 1.98. The molecule has 1 heterocycles. The third kappa shape index (κ3) is 5.22. The Morgan fingerprint density at radius 3 is 2.52 bits per heavy atom. The number of ether oxygens (including phenoxy) is 1. The molecule has 7 nitrogen and oxygen atoms in total. The van der Waals surface area contributed by atoms with Crippen molar-refractivity contribution in [2.45, 2.75) is 58.7 Å². The number of nitrogens with one attached hydrogen (secondary N) is 1. The van der Waals surface area contributed by atoms with Gasteiger partial charge in [0.1, 0.15) is 5.60 Å². The lowest BCUT2D eigenvalue weighted by atomic mass is 10.2. The van der Waals surface area contributed by atoms with Gasteiger partial charge in [0.2, 0.25) is 0 Å². The summed E-state index contributed by atoms with van der Waals surface area (Å²) in [5, 5.41) is 12.5. The van der Waals surface area contributed by atoms with E-state index in [1.54, 1.807) is 17.9 Å². The summed E-state index contributed by atoms with van der Waals surface area (Å²) in [7, 11) is 1.86. The van der Waals surface area contributed by atoms with Crippen molar-refractivity contribution in [2.75, 3.05) is 13.1 Å². The summed E-state index contributed by atoms with van der Waals surface area (Å²) in [6.07, 6.45) is 1.79. The van der Waals surface area contributed by atoms with E-state index in [4.69, 9.17) is 4.74 Å². The SMILES string of the molecule is Cc1c(C(=O)O)cc(CNCCN(C(=O)OC(C)(C)C)C2CC2)n1C. The number of aromatic carboxylic acids is 1. The Labute approximate surface area is 148 Å². The van der Waals surface area contributed by atoms with E-state index >= 15 is 0 Å². The van der Waals surface area contributed by atoms with Crippen molar-refractivity contribution in [2.24, 2.45) is 7.05 Å². The minimum absolute atomic E-state index is 0.264. The number of carboxylic acids is 1. The second-order valence-corrected chi connectivity index (χ2v) is 7.58. The van der Waals surface area contributed by atoms with Crippen LogP contribution in [0.5, 0.6) is 0 Å². The molecular weight excluding hydrogens is 322 g/mol. The zero-order valence-corrected chi connectivity index (χ0v) is 15.8. The zero-order valence-electron chi connectivity index (χ0n) is 15.8. The number of nitrogens with zero attached hydrogens (tertiary/aromatic N) is 2. The quantitative estimate of drug-likeness (QED) is 0.738. The Morgan fingerprint density at radius 1 is 1.40 bits per heavy atom. The van der Waals surface area contributed by atoms with Gasteiger partial charge >= 0.3 is 12.1 Å². The minimum Gasteiger partial charge on any atom is -0.478 e. The summed E-state index contributed by atoms with van der Waals surface area (Å²) in [5.41, 5.74) is 1.47. The number of carboxylic acid groups (broad SMARTS) is 1. The molecule has 0 atom stereocenters. The fourth-order valence-corrected chi connectivity index (χ4v) is 2.70. The lowest BCUT2D eigenvalue weighted by Gasteiger charge is -2.27. The molecule has 0 aliphatic heterocycles. The van der Waals surface area contributed by atoms with E-state index in [1.807, 2.05) is 32.4 Å². The van der Waals surface area contributed by atoms with E-state index in [2.05, 4.69) is 5.32 Å². The van der Waals surface area contributed by atoms with Crippen molar-refractivity contribution in [1.29, 1.82) is 0 Å². The van der Waals surface area contributed by atoms with Crippen LogP contribution in [0.4, 0.5) is 4.79 Å². The van der Waals surface area contributed by atoms with Gasteiger partial charge in [0, 0.05) is 44.1 Å². The van der Waals surface area contributed by atoms with E-state index < -0.39 is 11.6 Å². The Balaban J connectivity index is 1.86. The largest absolute Gasteiger partial charge is 0.478 e. The van der Waals surface area contributed by atoms with Gasteiger partial charge in [0.25, 0.3) is 0 Å². The van der Waals surface area contributed by atoms with E-state index in [1.165, 1.54) is 0 Å². The molecule has 1 aliphatic rings. The summed E-state index contributed by atoms with van der Waals surface area (Å²) >= 11 is 0. The average Bonchev–Trinajstić information content (AvgIpc) is 3.26. The lowest BCUT2D eigenvalue weighted by Crippen LogP contribution is -2.41. The van der Waals surface area contributed by atoms with Crippen molar-refractivity contribution < 1.29 is 19.4 Å². The summed E-state index contributed by atoms with van der Waals surface area (Å²) in [5.74, 6) is -0.913. The second-order valence-electron chi connectivity index (χ2n) is 7.58. The van der Waals surface area contributed by atoms with Crippen LogP contribution in [0.25, 0.3) is 0 Å². The van der Waals surface area contributed by atoms with Crippen LogP contribution in [0.1, 0.15) is 55.4 Å². The zero-order chi connectivity index (χ0) is 18.8. The molecule has 1 aromatic heterocycles. The molecule has 0 saturated heterocycles. The molecule has 7 heteroatoms. The Bertz CT molecular complexity index is 641. The van der Waals surface area contributed by atoms with Crippen LogP contribution in [-0.2, 0) is 18.3 Å². The lowest BCUT2D eigenvalue weighted by molar-refractivity contribution is 0.0235. The number of rotatable bonds is 7. The van der Waals surface area contributed by atoms with Crippen molar-refractivity contribution in [3.63, 3.8) is 0 Å². The van der Waals surface area contributed by atoms with Gasteiger partial charge in [-0.15, -0.1) is 0 Å². The number of aromatic nitrogens is 1. The number of carbonyl (C=O) groups is 2. The van der Waals surface area contributed by atoms with Gasteiger partial charge < -0.3 is 24.6 Å². The normalized spacial score (nSPS) is 14.4. The molecule has 0 unspecified atom stereocenters. The molecule has 1 fully saturated rings. The summed E-state index contributed by atoms with van der Waals surface area (Å²) in [4.78, 5) is 25.3. The van der Waals surface area contributed by atoms with Gasteiger partial charge in [0.05, 0.1) is 5.56 Å². The maximum absolute atomic E-state index is 12.3.